The first-order valence-corrected chi connectivity index (χ1v) is 15.1. The Morgan fingerprint density at radius 3 is 2.38 bits per heavy atom. The molecule has 0 saturated heterocycles. The summed E-state index contributed by atoms with van der Waals surface area (Å²) in [5, 5.41) is 12.0. The molecule has 2 aromatic carbocycles. The summed E-state index contributed by atoms with van der Waals surface area (Å²) in [5.74, 6) is -1.26. The lowest BCUT2D eigenvalue weighted by atomic mass is 9.87. The van der Waals surface area contributed by atoms with E-state index in [2.05, 4.69) is 24.9 Å². The average Bonchev–Trinajstić information content (AvgIpc) is 3.22. The third-order valence-electron chi connectivity index (χ3n) is 7.06. The third-order valence-corrected chi connectivity index (χ3v) is 8.91. The van der Waals surface area contributed by atoms with Crippen LogP contribution < -0.4 is 16.8 Å². The Morgan fingerprint density at radius 2 is 1.77 bits per heavy atom. The highest BCUT2D eigenvalue weighted by Crippen LogP contribution is 2.43. The van der Waals surface area contributed by atoms with Crippen molar-refractivity contribution in [3.05, 3.63) is 53.5 Å². The van der Waals surface area contributed by atoms with E-state index >= 15 is 0 Å². The van der Waals surface area contributed by atoms with E-state index < -0.39 is 22.9 Å². The van der Waals surface area contributed by atoms with Gasteiger partial charge in [0.05, 0.1) is 17.6 Å². The number of aliphatic carboxylic acids is 1. The Balaban J connectivity index is 0.000000570. The van der Waals surface area contributed by atoms with Crippen LogP contribution in [0.4, 0.5) is 10.1 Å². The molecule has 2 heterocycles. The summed E-state index contributed by atoms with van der Waals surface area (Å²) < 4.78 is 29.2. The number of benzene rings is 2. The molecule has 40 heavy (non-hydrogen) atoms. The van der Waals surface area contributed by atoms with E-state index in [9.17, 15) is 18.2 Å². The van der Waals surface area contributed by atoms with Crippen molar-refractivity contribution in [2.45, 2.75) is 72.3 Å². The number of halogens is 1. The van der Waals surface area contributed by atoms with Crippen LogP contribution in [0.1, 0.15) is 75.9 Å². The molecule has 0 spiro atoms. The molecule has 0 bridgehead atoms. The van der Waals surface area contributed by atoms with Gasteiger partial charge in [-0.1, -0.05) is 53.0 Å². The molecule has 1 aliphatic heterocycles. The van der Waals surface area contributed by atoms with Crippen LogP contribution in [-0.4, -0.2) is 43.5 Å². The number of carboxylic acids is 1. The maximum Gasteiger partial charge on any atom is 0.317 e. The normalized spacial score (nSPS) is 18.0. The lowest BCUT2D eigenvalue weighted by Crippen LogP contribution is -2.33. The molecule has 1 aliphatic carbocycles. The summed E-state index contributed by atoms with van der Waals surface area (Å²) >= 11 is 0. The van der Waals surface area contributed by atoms with Gasteiger partial charge in [0.1, 0.15) is 16.8 Å². The maximum absolute atomic E-state index is 14.2. The number of nitrogens with two attached hydrogens (primary N) is 2. The average molecular weight is 573 g/mol. The van der Waals surface area contributed by atoms with Gasteiger partial charge in [0, 0.05) is 34.1 Å². The van der Waals surface area contributed by atoms with Gasteiger partial charge in [-0.15, -0.1) is 0 Å². The number of carbonyl (C=O) groups excluding carboxylic acids is 1. The Kier molecular flexibility index (Phi) is 10.5. The van der Waals surface area contributed by atoms with Crippen LogP contribution in [0, 0.1) is 11.2 Å². The fourth-order valence-electron chi connectivity index (χ4n) is 5.41. The highest BCUT2D eigenvalue weighted by Gasteiger charge is 2.35. The standard InChI is InChI=1S/C26H30FN3O2S.C2H5NO2.C2H6/c1-26(2)14-23-24(20-11-9-17(27)13-22(20)30(23)33(32)15-26)16-8-10-19(25(28)31)21(12-16)29-18-6-4-3-5-7-18;3-1-2(4)5;1-2/h8-13,18,29H,3-7,14-15H2,1-2H3,(H2,28,31);1,3H2,(H,4,5);1-2H3. The van der Waals surface area contributed by atoms with E-state index in [1.54, 1.807) is 16.1 Å². The van der Waals surface area contributed by atoms with Gasteiger partial charge < -0.3 is 21.9 Å². The number of amides is 1. The second kappa shape index (κ2) is 13.4. The minimum absolute atomic E-state index is 0.140. The minimum Gasteiger partial charge on any atom is -0.480 e. The number of carboxylic acid groups (broad SMARTS) is 1. The van der Waals surface area contributed by atoms with Gasteiger partial charge in [0.2, 0.25) is 0 Å². The third kappa shape index (κ3) is 7.09. The van der Waals surface area contributed by atoms with Crippen molar-refractivity contribution in [1.82, 2.24) is 3.97 Å². The number of aromatic nitrogens is 1. The molecule has 6 N–H and O–H groups in total. The first-order valence-electron chi connectivity index (χ1n) is 13.8. The molecular weight excluding hydrogens is 531 g/mol. The molecule has 3 aromatic rings. The van der Waals surface area contributed by atoms with Gasteiger partial charge in [-0.25, -0.2) is 8.60 Å². The van der Waals surface area contributed by atoms with Gasteiger partial charge in [-0.05, 0) is 60.6 Å². The van der Waals surface area contributed by atoms with Crippen LogP contribution in [0.2, 0.25) is 0 Å². The lowest BCUT2D eigenvalue weighted by molar-refractivity contribution is -0.135. The van der Waals surface area contributed by atoms with E-state index in [0.717, 1.165) is 47.2 Å². The largest absolute Gasteiger partial charge is 0.480 e. The number of nitrogens with one attached hydrogen (secondary N) is 1. The molecule has 218 valence electrons. The zero-order valence-electron chi connectivity index (χ0n) is 23.8. The number of rotatable bonds is 5. The van der Waals surface area contributed by atoms with Crippen LogP contribution in [0.15, 0.2) is 36.4 Å². The molecule has 1 amide bonds. The number of carbonyl (C=O) groups is 2. The zero-order chi connectivity index (χ0) is 29.6. The molecule has 8 nitrogen and oxygen atoms in total. The molecule has 1 aromatic heterocycles. The smallest absolute Gasteiger partial charge is 0.317 e. The summed E-state index contributed by atoms with van der Waals surface area (Å²) in [6, 6.07) is 10.7. The van der Waals surface area contributed by atoms with Crippen LogP contribution in [0.25, 0.3) is 22.0 Å². The quantitative estimate of drug-likeness (QED) is 0.321. The van der Waals surface area contributed by atoms with E-state index in [1.165, 1.54) is 31.4 Å². The van der Waals surface area contributed by atoms with Gasteiger partial charge in [0.15, 0.2) is 0 Å². The molecule has 5 rings (SSSR count). The predicted molar refractivity (Wildman–Crippen MR) is 160 cm³/mol. The summed E-state index contributed by atoms with van der Waals surface area (Å²) in [6.07, 6.45) is 6.46. The Hall–Kier alpha value is -3.24. The van der Waals surface area contributed by atoms with E-state index in [0.29, 0.717) is 22.9 Å². The Bertz CT molecular complexity index is 1400. The highest BCUT2D eigenvalue weighted by molar-refractivity contribution is 7.83. The monoisotopic (exact) mass is 572 g/mol. The summed E-state index contributed by atoms with van der Waals surface area (Å²) in [6.45, 7) is 7.95. The second-order valence-corrected chi connectivity index (χ2v) is 12.1. The molecule has 1 atom stereocenters. The molecule has 2 aliphatic rings. The molecule has 1 fully saturated rings. The Labute approximate surface area is 237 Å². The van der Waals surface area contributed by atoms with Gasteiger partial charge >= 0.3 is 5.97 Å². The number of primary amides is 1. The van der Waals surface area contributed by atoms with E-state index in [-0.39, 0.29) is 17.8 Å². The zero-order valence-corrected chi connectivity index (χ0v) is 24.6. The predicted octanol–water partition coefficient (Wildman–Crippen LogP) is 5.44. The second-order valence-electron chi connectivity index (χ2n) is 10.8. The number of fused-ring (bicyclic) bond motifs is 3. The summed E-state index contributed by atoms with van der Waals surface area (Å²) in [7, 11) is -1.28. The summed E-state index contributed by atoms with van der Waals surface area (Å²) in [4.78, 5) is 21.4. The Morgan fingerprint density at radius 1 is 1.12 bits per heavy atom. The van der Waals surface area contributed by atoms with Crippen LogP contribution in [-0.2, 0) is 22.2 Å². The molecule has 10 heteroatoms. The number of hydrogen-bond donors (Lipinski definition) is 4. The first kappa shape index (κ1) is 31.3. The van der Waals surface area contributed by atoms with Crippen molar-refractivity contribution >= 4 is 39.5 Å². The number of anilines is 1. The highest BCUT2D eigenvalue weighted by atomic mass is 32.2. The van der Waals surface area contributed by atoms with Crippen LogP contribution in [0.5, 0.6) is 0 Å². The van der Waals surface area contributed by atoms with Gasteiger partial charge in [-0.2, -0.15) is 0 Å². The first-order chi connectivity index (χ1) is 19.0. The van der Waals surface area contributed by atoms with Crippen molar-refractivity contribution in [1.29, 1.82) is 0 Å². The lowest BCUT2D eigenvalue weighted by Gasteiger charge is -2.31. The van der Waals surface area contributed by atoms with Crippen molar-refractivity contribution < 1.29 is 23.3 Å². The fourth-order valence-corrected chi connectivity index (χ4v) is 7.08. The van der Waals surface area contributed by atoms with Crippen molar-refractivity contribution in [2.75, 3.05) is 17.6 Å². The van der Waals surface area contributed by atoms with E-state index in [1.807, 2.05) is 26.0 Å². The minimum atomic E-state index is -1.28. The van der Waals surface area contributed by atoms with Gasteiger partial charge in [0.25, 0.3) is 5.91 Å². The summed E-state index contributed by atoms with van der Waals surface area (Å²) in [5.41, 5.74) is 14.8. The van der Waals surface area contributed by atoms with Crippen LogP contribution >= 0.6 is 0 Å². The molecule has 1 unspecified atom stereocenters. The van der Waals surface area contributed by atoms with Crippen molar-refractivity contribution in [2.24, 2.45) is 16.9 Å². The molecular formula is C30H41FN4O4S. The van der Waals surface area contributed by atoms with Crippen molar-refractivity contribution in [3.8, 4) is 11.1 Å². The molecule has 0 radical (unpaired) electrons. The van der Waals surface area contributed by atoms with E-state index in [4.69, 9.17) is 10.8 Å². The molecule has 1 saturated carbocycles. The topological polar surface area (TPSA) is 140 Å². The number of hydrogen-bond acceptors (Lipinski definition) is 5. The van der Waals surface area contributed by atoms with Crippen LogP contribution in [0.3, 0.4) is 0 Å². The SMILES string of the molecule is CC.CC1(C)Cc2c(-c3ccc(C(N)=O)c(NC4CCCCC4)c3)c3ccc(F)cc3n2S(=O)C1.NCC(=O)O. The fraction of sp³-hybridized carbons (Fsp3) is 0.467. The number of nitrogens with zero attached hydrogens (tertiary/aromatic N) is 1. The van der Waals surface area contributed by atoms with Gasteiger partial charge in [-0.3, -0.25) is 13.6 Å². The van der Waals surface area contributed by atoms with Crippen molar-refractivity contribution in [3.63, 3.8) is 0 Å². The maximum atomic E-state index is 14.2.